The molecule has 22 heavy (non-hydrogen) atoms. The van der Waals surface area contributed by atoms with E-state index in [9.17, 15) is 4.79 Å². The van der Waals surface area contributed by atoms with E-state index in [1.807, 2.05) is 4.90 Å². The van der Waals surface area contributed by atoms with Gasteiger partial charge in [-0.25, -0.2) is 4.79 Å². The first kappa shape index (κ1) is 17.5. The first-order valence-corrected chi connectivity index (χ1v) is 8.92. The number of piperidine rings is 1. The molecule has 0 radical (unpaired) electrons. The summed E-state index contributed by atoms with van der Waals surface area (Å²) in [5.74, 6) is 0. The van der Waals surface area contributed by atoms with Crippen molar-refractivity contribution in [1.29, 1.82) is 0 Å². The maximum absolute atomic E-state index is 12.4. The van der Waals surface area contributed by atoms with Gasteiger partial charge in [0.1, 0.15) is 0 Å². The van der Waals surface area contributed by atoms with Crippen molar-refractivity contribution in [3.8, 4) is 0 Å². The standard InChI is InChI=1S/C17H34N4O/c1-5-6-9-18-16(22)21-12-11-20(14-17(21,2)3)15-8-7-10-19(4)13-15/h15H,5-14H2,1-4H3,(H,18,22). The van der Waals surface area contributed by atoms with Crippen LogP contribution in [0.15, 0.2) is 0 Å². The van der Waals surface area contributed by atoms with E-state index in [1.165, 1.54) is 25.9 Å². The number of likely N-dealkylation sites (tertiary alicyclic amines) is 1. The van der Waals surface area contributed by atoms with Crippen LogP contribution in [0.3, 0.4) is 0 Å². The molecule has 2 fully saturated rings. The number of hydrogen-bond acceptors (Lipinski definition) is 3. The van der Waals surface area contributed by atoms with Crippen LogP contribution < -0.4 is 5.32 Å². The number of hydrogen-bond donors (Lipinski definition) is 1. The number of carbonyl (C=O) groups excluding carboxylic acids is 1. The van der Waals surface area contributed by atoms with Crippen LogP contribution in [0.25, 0.3) is 0 Å². The van der Waals surface area contributed by atoms with Crippen LogP contribution >= 0.6 is 0 Å². The highest BCUT2D eigenvalue weighted by Gasteiger charge is 2.39. The van der Waals surface area contributed by atoms with Gasteiger partial charge in [-0.1, -0.05) is 13.3 Å². The Balaban J connectivity index is 1.89. The van der Waals surface area contributed by atoms with E-state index in [0.29, 0.717) is 6.04 Å². The van der Waals surface area contributed by atoms with Gasteiger partial charge in [0, 0.05) is 38.8 Å². The fraction of sp³-hybridized carbons (Fsp3) is 0.941. The fourth-order valence-electron chi connectivity index (χ4n) is 3.79. The van der Waals surface area contributed by atoms with E-state index in [-0.39, 0.29) is 11.6 Å². The van der Waals surface area contributed by atoms with Gasteiger partial charge in [0.2, 0.25) is 0 Å². The number of carbonyl (C=O) groups is 1. The molecular formula is C17H34N4O. The zero-order valence-electron chi connectivity index (χ0n) is 14.9. The Kier molecular flexibility index (Phi) is 6.09. The maximum Gasteiger partial charge on any atom is 0.317 e. The summed E-state index contributed by atoms with van der Waals surface area (Å²) >= 11 is 0. The number of unbranched alkanes of at least 4 members (excludes halogenated alkanes) is 1. The van der Waals surface area contributed by atoms with Crippen LogP contribution in [0.5, 0.6) is 0 Å². The van der Waals surface area contributed by atoms with Crippen LogP contribution in [0.1, 0.15) is 46.5 Å². The normalized spacial score (nSPS) is 26.9. The summed E-state index contributed by atoms with van der Waals surface area (Å²) in [6.45, 7) is 12.5. The molecule has 0 bridgehead atoms. The van der Waals surface area contributed by atoms with Gasteiger partial charge in [0.15, 0.2) is 0 Å². The summed E-state index contributed by atoms with van der Waals surface area (Å²) in [4.78, 5) is 19.5. The lowest BCUT2D eigenvalue weighted by Crippen LogP contribution is -2.65. The molecule has 2 rings (SSSR count). The fourth-order valence-corrected chi connectivity index (χ4v) is 3.79. The average Bonchev–Trinajstić information content (AvgIpc) is 2.46. The molecule has 2 aliphatic rings. The molecular weight excluding hydrogens is 276 g/mol. The van der Waals surface area contributed by atoms with Crippen LogP contribution in [0.2, 0.25) is 0 Å². The summed E-state index contributed by atoms with van der Waals surface area (Å²) in [5.41, 5.74) is -0.0927. The minimum atomic E-state index is -0.0927. The summed E-state index contributed by atoms with van der Waals surface area (Å²) < 4.78 is 0. The Labute approximate surface area is 136 Å². The molecule has 5 heteroatoms. The zero-order chi connectivity index (χ0) is 16.2. The summed E-state index contributed by atoms with van der Waals surface area (Å²) in [6, 6.07) is 0.766. The highest BCUT2D eigenvalue weighted by Crippen LogP contribution is 2.25. The third-order valence-corrected chi connectivity index (χ3v) is 5.10. The van der Waals surface area contributed by atoms with Crippen molar-refractivity contribution < 1.29 is 4.79 Å². The first-order valence-electron chi connectivity index (χ1n) is 8.92. The van der Waals surface area contributed by atoms with E-state index in [0.717, 1.165) is 39.0 Å². The largest absolute Gasteiger partial charge is 0.338 e. The van der Waals surface area contributed by atoms with E-state index in [2.05, 4.69) is 42.9 Å². The SMILES string of the molecule is CCCCNC(=O)N1CCN(C2CCCN(C)C2)CC1(C)C. The van der Waals surface area contributed by atoms with Gasteiger partial charge in [-0.15, -0.1) is 0 Å². The lowest BCUT2D eigenvalue weighted by molar-refractivity contribution is 0.00649. The Morgan fingerprint density at radius 1 is 1.27 bits per heavy atom. The number of piperazine rings is 1. The summed E-state index contributed by atoms with van der Waals surface area (Å²) in [6.07, 6.45) is 4.76. The minimum absolute atomic E-state index is 0.0927. The minimum Gasteiger partial charge on any atom is -0.338 e. The van der Waals surface area contributed by atoms with Gasteiger partial charge in [-0.3, -0.25) is 4.90 Å². The number of nitrogens with one attached hydrogen (secondary N) is 1. The zero-order valence-corrected chi connectivity index (χ0v) is 14.9. The molecule has 2 amide bonds. The van der Waals surface area contributed by atoms with Crippen LogP contribution in [-0.4, -0.2) is 78.6 Å². The maximum atomic E-state index is 12.4. The van der Waals surface area contributed by atoms with Crippen molar-refractivity contribution in [2.45, 2.75) is 58.0 Å². The van der Waals surface area contributed by atoms with E-state index < -0.39 is 0 Å². The number of nitrogens with zero attached hydrogens (tertiary/aromatic N) is 3. The Bertz CT molecular complexity index is 372. The first-order chi connectivity index (χ1) is 10.4. The molecule has 128 valence electrons. The molecule has 0 spiro atoms. The van der Waals surface area contributed by atoms with Crippen molar-refractivity contribution in [1.82, 2.24) is 20.0 Å². The summed E-state index contributed by atoms with van der Waals surface area (Å²) in [7, 11) is 2.22. The van der Waals surface area contributed by atoms with E-state index >= 15 is 0 Å². The van der Waals surface area contributed by atoms with Gasteiger partial charge in [-0.05, 0) is 46.7 Å². The highest BCUT2D eigenvalue weighted by atomic mass is 16.2. The van der Waals surface area contributed by atoms with Gasteiger partial charge in [0.05, 0.1) is 5.54 Å². The highest BCUT2D eigenvalue weighted by molar-refractivity contribution is 5.75. The topological polar surface area (TPSA) is 38.8 Å². The number of urea groups is 1. The van der Waals surface area contributed by atoms with Crippen molar-refractivity contribution in [3.63, 3.8) is 0 Å². The van der Waals surface area contributed by atoms with E-state index in [4.69, 9.17) is 0 Å². The van der Waals surface area contributed by atoms with Crippen molar-refractivity contribution in [2.24, 2.45) is 0 Å². The van der Waals surface area contributed by atoms with Gasteiger partial charge < -0.3 is 15.1 Å². The molecule has 0 aliphatic carbocycles. The second-order valence-corrected chi connectivity index (χ2v) is 7.58. The van der Waals surface area contributed by atoms with Crippen LogP contribution in [-0.2, 0) is 0 Å². The third-order valence-electron chi connectivity index (χ3n) is 5.10. The second kappa shape index (κ2) is 7.64. The molecule has 1 atom stereocenters. The molecule has 0 saturated carbocycles. The Morgan fingerprint density at radius 2 is 2.05 bits per heavy atom. The van der Waals surface area contributed by atoms with Crippen LogP contribution in [0, 0.1) is 0 Å². The van der Waals surface area contributed by atoms with Gasteiger partial charge in [-0.2, -0.15) is 0 Å². The van der Waals surface area contributed by atoms with E-state index in [1.54, 1.807) is 0 Å². The monoisotopic (exact) mass is 310 g/mol. The lowest BCUT2D eigenvalue weighted by Gasteiger charge is -2.50. The van der Waals surface area contributed by atoms with Gasteiger partial charge >= 0.3 is 6.03 Å². The van der Waals surface area contributed by atoms with Crippen LogP contribution in [0.4, 0.5) is 4.79 Å². The molecule has 1 N–H and O–H groups in total. The smallest absolute Gasteiger partial charge is 0.317 e. The number of amides is 2. The second-order valence-electron chi connectivity index (χ2n) is 7.58. The average molecular weight is 310 g/mol. The Hall–Kier alpha value is -0.810. The number of likely N-dealkylation sites (N-methyl/N-ethyl adjacent to an activating group) is 1. The van der Waals surface area contributed by atoms with Crippen molar-refractivity contribution in [3.05, 3.63) is 0 Å². The molecule has 2 saturated heterocycles. The third kappa shape index (κ3) is 4.35. The van der Waals surface area contributed by atoms with Crippen molar-refractivity contribution >= 4 is 6.03 Å². The Morgan fingerprint density at radius 3 is 2.68 bits per heavy atom. The molecule has 0 aromatic rings. The molecule has 2 heterocycles. The van der Waals surface area contributed by atoms with Crippen molar-refractivity contribution in [2.75, 3.05) is 46.3 Å². The quantitative estimate of drug-likeness (QED) is 0.807. The molecule has 0 aromatic heterocycles. The molecule has 1 unspecified atom stereocenters. The number of rotatable bonds is 4. The molecule has 0 aromatic carbocycles. The molecule has 2 aliphatic heterocycles. The summed E-state index contributed by atoms with van der Waals surface area (Å²) in [5, 5.41) is 3.07. The van der Waals surface area contributed by atoms with Gasteiger partial charge in [0.25, 0.3) is 0 Å². The predicted molar refractivity (Wildman–Crippen MR) is 91.2 cm³/mol. The molecule has 5 nitrogen and oxygen atoms in total. The predicted octanol–water partition coefficient (Wildman–Crippen LogP) is 1.99. The lowest BCUT2D eigenvalue weighted by atomic mass is 9.95.